The minimum Gasteiger partial charge on any atom is -0.321 e. The van der Waals surface area contributed by atoms with Crippen molar-refractivity contribution in [3.63, 3.8) is 0 Å². The molecule has 0 amide bonds. The van der Waals surface area contributed by atoms with E-state index in [2.05, 4.69) is 20.9 Å². The van der Waals surface area contributed by atoms with Gasteiger partial charge in [-0.05, 0) is 27.6 Å². The normalized spacial score (nSPS) is 10.7. The van der Waals surface area contributed by atoms with E-state index in [0.29, 0.717) is 5.56 Å². The van der Waals surface area contributed by atoms with E-state index >= 15 is 0 Å². The number of halogens is 1. The summed E-state index contributed by atoms with van der Waals surface area (Å²) in [5.41, 5.74) is 2.35. The molecule has 0 spiro atoms. The first-order valence-corrected chi connectivity index (χ1v) is 6.42. The molecule has 0 unspecified atom stereocenters. The molecule has 2 nitrogen and oxygen atoms in total. The third-order valence-corrected chi connectivity index (χ3v) is 3.74. The van der Waals surface area contributed by atoms with Gasteiger partial charge in [0.05, 0.1) is 5.56 Å². The van der Waals surface area contributed by atoms with Gasteiger partial charge in [0.1, 0.15) is 0 Å². The Bertz CT molecular complexity index is 762. The van der Waals surface area contributed by atoms with Gasteiger partial charge >= 0.3 is 0 Å². The quantitative estimate of drug-likeness (QED) is 0.725. The van der Waals surface area contributed by atoms with Crippen molar-refractivity contribution in [1.82, 2.24) is 4.98 Å². The summed E-state index contributed by atoms with van der Waals surface area (Å²) in [4.78, 5) is 15.1. The van der Waals surface area contributed by atoms with E-state index in [1.54, 1.807) is 0 Å². The summed E-state index contributed by atoms with van der Waals surface area (Å²) in [5, 5.41) is 1.01. The molecular weight excluding hydrogens is 290 g/mol. The first-order valence-electron chi connectivity index (χ1n) is 5.63. The third kappa shape index (κ3) is 1.77. The summed E-state index contributed by atoms with van der Waals surface area (Å²) in [7, 11) is 0. The highest BCUT2D eigenvalue weighted by molar-refractivity contribution is 9.10. The van der Waals surface area contributed by atoms with E-state index in [0.717, 1.165) is 20.9 Å². The van der Waals surface area contributed by atoms with Gasteiger partial charge in [0.15, 0.2) is 0 Å². The van der Waals surface area contributed by atoms with Crippen LogP contribution >= 0.6 is 15.9 Å². The Hall–Kier alpha value is -1.87. The number of hydrogen-bond acceptors (Lipinski definition) is 1. The summed E-state index contributed by atoms with van der Waals surface area (Å²) >= 11 is 3.55. The van der Waals surface area contributed by atoms with Crippen LogP contribution in [0.1, 0.15) is 0 Å². The molecule has 0 aliphatic carbocycles. The Morgan fingerprint density at radius 1 is 0.889 bits per heavy atom. The van der Waals surface area contributed by atoms with Crippen LogP contribution < -0.4 is 5.56 Å². The predicted octanol–water partition coefficient (Wildman–Crippen LogP) is 3.96. The van der Waals surface area contributed by atoms with Crippen molar-refractivity contribution < 1.29 is 0 Å². The topological polar surface area (TPSA) is 32.9 Å². The maximum atomic E-state index is 12.2. The van der Waals surface area contributed by atoms with Gasteiger partial charge in [-0.1, -0.05) is 48.5 Å². The smallest absolute Gasteiger partial charge is 0.257 e. The molecule has 3 aromatic rings. The molecule has 1 aromatic heterocycles. The van der Waals surface area contributed by atoms with Crippen molar-refractivity contribution in [2.75, 3.05) is 0 Å². The summed E-state index contributed by atoms with van der Waals surface area (Å²) < 4.78 is 0.841. The second-order valence-corrected chi connectivity index (χ2v) is 4.85. The lowest BCUT2D eigenvalue weighted by atomic mass is 10.1. The van der Waals surface area contributed by atoms with Crippen LogP contribution in [0.2, 0.25) is 0 Å². The lowest BCUT2D eigenvalue weighted by Gasteiger charge is -2.07. The molecule has 0 atom stereocenters. The minimum absolute atomic E-state index is 0.0771. The van der Waals surface area contributed by atoms with E-state index in [1.807, 2.05) is 54.6 Å². The summed E-state index contributed by atoms with van der Waals surface area (Å²) in [5.74, 6) is 0. The number of benzene rings is 2. The Labute approximate surface area is 112 Å². The van der Waals surface area contributed by atoms with Gasteiger partial charge in [-0.2, -0.15) is 0 Å². The highest BCUT2D eigenvalue weighted by atomic mass is 79.9. The first kappa shape index (κ1) is 11.2. The Balaban J connectivity index is 2.41. The van der Waals surface area contributed by atoms with Crippen LogP contribution in [0.15, 0.2) is 63.9 Å². The Morgan fingerprint density at radius 3 is 2.33 bits per heavy atom. The highest BCUT2D eigenvalue weighted by Crippen LogP contribution is 2.30. The van der Waals surface area contributed by atoms with Gasteiger partial charge in [-0.3, -0.25) is 4.79 Å². The van der Waals surface area contributed by atoms with Gasteiger partial charge in [-0.25, -0.2) is 0 Å². The Kier molecular flexibility index (Phi) is 2.76. The van der Waals surface area contributed by atoms with Crippen LogP contribution in [0.4, 0.5) is 0 Å². The maximum Gasteiger partial charge on any atom is 0.257 e. The number of hydrogen-bond donors (Lipinski definition) is 1. The van der Waals surface area contributed by atoms with Crippen LogP contribution in [0, 0.1) is 0 Å². The van der Waals surface area contributed by atoms with Crippen LogP contribution in [0.3, 0.4) is 0 Å². The maximum absolute atomic E-state index is 12.2. The number of para-hydroxylation sites is 1. The molecule has 0 bridgehead atoms. The third-order valence-electron chi connectivity index (χ3n) is 2.92. The average Bonchev–Trinajstić information content (AvgIpc) is 2.40. The standard InChI is InChI=1S/C15H10BrNO/c16-14-11-8-4-5-9-12(11)17-15(18)13(14)10-6-2-1-3-7-10/h1-9H,(H,17,18). The molecule has 2 aromatic carbocycles. The Morgan fingerprint density at radius 2 is 1.56 bits per heavy atom. The van der Waals surface area contributed by atoms with Crippen molar-refractivity contribution >= 4 is 26.8 Å². The molecule has 3 heteroatoms. The lowest BCUT2D eigenvalue weighted by molar-refractivity contribution is 1.30. The van der Waals surface area contributed by atoms with Gasteiger partial charge < -0.3 is 4.98 Å². The summed E-state index contributed by atoms with van der Waals surface area (Å²) in [6, 6.07) is 17.4. The predicted molar refractivity (Wildman–Crippen MR) is 77.7 cm³/mol. The van der Waals surface area contributed by atoms with Crippen LogP contribution in [-0.4, -0.2) is 4.98 Å². The van der Waals surface area contributed by atoms with E-state index in [4.69, 9.17) is 0 Å². The van der Waals surface area contributed by atoms with Crippen LogP contribution in [0.25, 0.3) is 22.0 Å². The molecule has 1 heterocycles. The SMILES string of the molecule is O=c1[nH]c2ccccc2c(Br)c1-c1ccccc1. The van der Waals surface area contributed by atoms with E-state index in [9.17, 15) is 4.79 Å². The number of aromatic nitrogens is 1. The van der Waals surface area contributed by atoms with Crippen LogP contribution in [-0.2, 0) is 0 Å². The van der Waals surface area contributed by atoms with Crippen LogP contribution in [0.5, 0.6) is 0 Å². The van der Waals surface area contributed by atoms with Gasteiger partial charge in [0, 0.05) is 15.4 Å². The van der Waals surface area contributed by atoms with Gasteiger partial charge in [0.25, 0.3) is 5.56 Å². The molecule has 0 fully saturated rings. The molecule has 0 radical (unpaired) electrons. The fourth-order valence-electron chi connectivity index (χ4n) is 2.07. The average molecular weight is 300 g/mol. The number of rotatable bonds is 1. The van der Waals surface area contributed by atoms with Gasteiger partial charge in [-0.15, -0.1) is 0 Å². The lowest BCUT2D eigenvalue weighted by Crippen LogP contribution is -2.09. The molecular formula is C15H10BrNO. The molecule has 88 valence electrons. The fraction of sp³-hybridized carbons (Fsp3) is 0. The zero-order valence-corrected chi connectivity index (χ0v) is 11.1. The second-order valence-electron chi connectivity index (χ2n) is 4.05. The number of nitrogens with one attached hydrogen (secondary N) is 1. The number of aromatic amines is 1. The molecule has 0 aliphatic rings. The number of H-pyrrole nitrogens is 1. The molecule has 0 aliphatic heterocycles. The van der Waals surface area contributed by atoms with Crippen molar-refractivity contribution in [3.05, 3.63) is 69.4 Å². The second kappa shape index (κ2) is 4.42. The zero-order chi connectivity index (χ0) is 12.5. The molecule has 1 N–H and O–H groups in total. The highest BCUT2D eigenvalue weighted by Gasteiger charge is 2.11. The summed E-state index contributed by atoms with van der Waals surface area (Å²) in [6.07, 6.45) is 0. The number of fused-ring (bicyclic) bond motifs is 1. The molecule has 0 saturated heterocycles. The van der Waals surface area contributed by atoms with Crippen molar-refractivity contribution in [2.45, 2.75) is 0 Å². The van der Waals surface area contributed by atoms with Crippen molar-refractivity contribution in [3.8, 4) is 11.1 Å². The number of pyridine rings is 1. The molecule has 3 rings (SSSR count). The first-order chi connectivity index (χ1) is 8.77. The van der Waals surface area contributed by atoms with Crippen molar-refractivity contribution in [1.29, 1.82) is 0 Å². The fourth-order valence-corrected chi connectivity index (χ4v) is 2.82. The van der Waals surface area contributed by atoms with Crippen molar-refractivity contribution in [2.24, 2.45) is 0 Å². The minimum atomic E-state index is -0.0771. The monoisotopic (exact) mass is 299 g/mol. The largest absolute Gasteiger partial charge is 0.321 e. The van der Waals surface area contributed by atoms with E-state index in [1.165, 1.54) is 0 Å². The molecule has 18 heavy (non-hydrogen) atoms. The van der Waals surface area contributed by atoms with Gasteiger partial charge in [0.2, 0.25) is 0 Å². The van der Waals surface area contributed by atoms with E-state index < -0.39 is 0 Å². The van der Waals surface area contributed by atoms with E-state index in [-0.39, 0.29) is 5.56 Å². The summed E-state index contributed by atoms with van der Waals surface area (Å²) in [6.45, 7) is 0. The molecule has 0 saturated carbocycles. The zero-order valence-electron chi connectivity index (χ0n) is 9.48.